The van der Waals surface area contributed by atoms with Gasteiger partial charge >= 0.3 is 6.03 Å². The third-order valence-corrected chi connectivity index (χ3v) is 5.43. The number of amides is 2. The van der Waals surface area contributed by atoms with E-state index in [2.05, 4.69) is 22.5 Å². The Morgan fingerprint density at radius 3 is 2.52 bits per heavy atom. The molecule has 0 radical (unpaired) electrons. The molecule has 3 aliphatic rings. The van der Waals surface area contributed by atoms with Crippen molar-refractivity contribution in [3.63, 3.8) is 0 Å². The molecule has 25 heavy (non-hydrogen) atoms. The maximum Gasteiger partial charge on any atom is 0.321 e. The van der Waals surface area contributed by atoms with Gasteiger partial charge in [-0.3, -0.25) is 4.98 Å². The molecule has 5 rings (SSSR count). The van der Waals surface area contributed by atoms with Crippen LogP contribution in [-0.4, -0.2) is 41.2 Å². The van der Waals surface area contributed by atoms with Crippen molar-refractivity contribution in [2.24, 2.45) is 11.8 Å². The molecule has 1 aromatic heterocycles. The Labute approximate surface area is 146 Å². The molecular weight excluding hydrogens is 314 g/mol. The van der Waals surface area contributed by atoms with E-state index in [1.54, 1.807) is 6.20 Å². The van der Waals surface area contributed by atoms with E-state index >= 15 is 0 Å². The minimum Gasteiger partial charge on any atom is -0.366 e. The number of carbonyl (C=O) groups is 1. The van der Waals surface area contributed by atoms with Gasteiger partial charge in [-0.25, -0.2) is 4.79 Å². The summed E-state index contributed by atoms with van der Waals surface area (Å²) >= 11 is 0. The van der Waals surface area contributed by atoms with Crippen molar-refractivity contribution in [1.82, 2.24) is 9.88 Å². The highest BCUT2D eigenvalue weighted by Crippen LogP contribution is 2.43. The topological polar surface area (TPSA) is 54.5 Å². The molecule has 2 aromatic rings. The van der Waals surface area contributed by atoms with E-state index in [0.717, 1.165) is 30.0 Å². The average molecular weight is 333 g/mol. The maximum absolute atomic E-state index is 12.7. The number of hydrogen-bond donors (Lipinski definition) is 1. The second-order valence-electron chi connectivity index (χ2n) is 6.91. The minimum absolute atomic E-state index is 0.0426. The molecule has 2 amide bonds. The summed E-state index contributed by atoms with van der Waals surface area (Å²) in [6.07, 6.45) is 6.40. The Kier molecular flexibility index (Phi) is 3.35. The van der Waals surface area contributed by atoms with Gasteiger partial charge in [0.05, 0.1) is 17.9 Å². The van der Waals surface area contributed by atoms with Crippen molar-refractivity contribution in [3.8, 4) is 11.3 Å². The summed E-state index contributed by atoms with van der Waals surface area (Å²) in [4.78, 5) is 19.0. The van der Waals surface area contributed by atoms with Crippen molar-refractivity contribution in [3.05, 3.63) is 60.8 Å². The smallest absolute Gasteiger partial charge is 0.321 e. The van der Waals surface area contributed by atoms with E-state index in [9.17, 15) is 4.79 Å². The highest BCUT2D eigenvalue weighted by atomic mass is 16.5. The standard InChI is InChI=1S/C20H19N3O2/c24-20(23-11-15-16(12-23)19-7-6-18(15)25-19)22-14-8-9-21-17(10-14)13-4-2-1-3-5-13/h1-10,15-16,18-19H,11-12H2,(H,21,22,24)/t15-,16-,18+,19+/m0/s1. The van der Waals surface area contributed by atoms with Crippen LogP contribution in [0.1, 0.15) is 0 Å². The van der Waals surface area contributed by atoms with Crippen molar-refractivity contribution < 1.29 is 9.53 Å². The minimum atomic E-state index is -0.0426. The fraction of sp³-hybridized carbons (Fsp3) is 0.300. The van der Waals surface area contributed by atoms with E-state index in [-0.39, 0.29) is 18.2 Å². The maximum atomic E-state index is 12.7. The van der Waals surface area contributed by atoms with Gasteiger partial charge < -0.3 is 15.0 Å². The van der Waals surface area contributed by atoms with E-state index in [0.29, 0.717) is 11.8 Å². The number of hydrogen-bond acceptors (Lipinski definition) is 3. The van der Waals surface area contributed by atoms with Crippen LogP contribution in [0.3, 0.4) is 0 Å². The molecule has 2 fully saturated rings. The molecular formula is C20H19N3O2. The lowest BCUT2D eigenvalue weighted by Crippen LogP contribution is -2.35. The summed E-state index contributed by atoms with van der Waals surface area (Å²) in [5, 5.41) is 3.02. The molecule has 4 heterocycles. The Morgan fingerprint density at radius 2 is 1.80 bits per heavy atom. The molecule has 126 valence electrons. The number of likely N-dealkylation sites (tertiary alicyclic amines) is 1. The lowest BCUT2D eigenvalue weighted by molar-refractivity contribution is 0.0892. The van der Waals surface area contributed by atoms with Gasteiger partial charge in [0.15, 0.2) is 0 Å². The molecule has 0 unspecified atom stereocenters. The number of urea groups is 1. The first-order chi connectivity index (χ1) is 12.3. The monoisotopic (exact) mass is 333 g/mol. The fourth-order valence-electron chi connectivity index (χ4n) is 4.17. The number of anilines is 1. The predicted molar refractivity (Wildman–Crippen MR) is 95.0 cm³/mol. The molecule has 0 aliphatic carbocycles. The van der Waals surface area contributed by atoms with Crippen molar-refractivity contribution in [2.75, 3.05) is 18.4 Å². The molecule has 1 N–H and O–H groups in total. The molecule has 4 atom stereocenters. The Hall–Kier alpha value is -2.66. The molecule has 1 aromatic carbocycles. The zero-order valence-corrected chi connectivity index (χ0v) is 13.7. The quantitative estimate of drug-likeness (QED) is 0.859. The lowest BCUT2D eigenvalue weighted by atomic mass is 9.86. The largest absolute Gasteiger partial charge is 0.366 e. The third-order valence-electron chi connectivity index (χ3n) is 5.43. The molecule has 2 bridgehead atoms. The number of rotatable bonds is 2. The van der Waals surface area contributed by atoms with Crippen LogP contribution >= 0.6 is 0 Å². The third kappa shape index (κ3) is 2.51. The SMILES string of the molecule is O=C(Nc1ccnc(-c2ccccc2)c1)N1C[C@H]2[C@H](C1)[C@H]1C=C[C@H]2O1. The number of nitrogens with zero attached hydrogens (tertiary/aromatic N) is 2. The second-order valence-corrected chi connectivity index (χ2v) is 6.91. The summed E-state index contributed by atoms with van der Waals surface area (Å²) in [6, 6.07) is 13.7. The van der Waals surface area contributed by atoms with Crippen LogP contribution in [0.5, 0.6) is 0 Å². The first-order valence-corrected chi connectivity index (χ1v) is 8.69. The average Bonchev–Trinajstić information content (AvgIpc) is 3.36. The highest BCUT2D eigenvalue weighted by molar-refractivity contribution is 5.90. The van der Waals surface area contributed by atoms with Crippen LogP contribution < -0.4 is 5.32 Å². The predicted octanol–water partition coefficient (Wildman–Crippen LogP) is 3.17. The van der Waals surface area contributed by atoms with Gasteiger partial charge in [0, 0.05) is 42.4 Å². The van der Waals surface area contributed by atoms with Gasteiger partial charge in [-0.2, -0.15) is 0 Å². The van der Waals surface area contributed by atoms with Gasteiger partial charge in [-0.05, 0) is 12.1 Å². The van der Waals surface area contributed by atoms with E-state index in [1.165, 1.54) is 0 Å². The number of pyridine rings is 1. The van der Waals surface area contributed by atoms with Crippen molar-refractivity contribution in [1.29, 1.82) is 0 Å². The Bertz CT molecular complexity index is 816. The zero-order valence-electron chi connectivity index (χ0n) is 13.7. The molecule has 5 nitrogen and oxygen atoms in total. The van der Waals surface area contributed by atoms with Crippen LogP contribution in [0.2, 0.25) is 0 Å². The summed E-state index contributed by atoms with van der Waals surface area (Å²) in [5.41, 5.74) is 2.66. The van der Waals surface area contributed by atoms with Crippen LogP contribution in [0.15, 0.2) is 60.8 Å². The molecule has 3 aliphatic heterocycles. The second kappa shape index (κ2) is 5.70. The number of fused-ring (bicyclic) bond motifs is 5. The summed E-state index contributed by atoms with van der Waals surface area (Å²) in [5.74, 6) is 0.885. The number of nitrogens with one attached hydrogen (secondary N) is 1. The molecule has 0 spiro atoms. The van der Waals surface area contributed by atoms with Crippen LogP contribution in [-0.2, 0) is 4.74 Å². The van der Waals surface area contributed by atoms with E-state index in [1.807, 2.05) is 47.4 Å². The van der Waals surface area contributed by atoms with Gasteiger partial charge in [0.2, 0.25) is 0 Å². The first kappa shape index (κ1) is 14.7. The lowest BCUT2D eigenvalue weighted by Gasteiger charge is -2.19. The highest BCUT2D eigenvalue weighted by Gasteiger charge is 2.51. The summed E-state index contributed by atoms with van der Waals surface area (Å²) in [6.45, 7) is 1.53. The number of benzene rings is 1. The Morgan fingerprint density at radius 1 is 1.08 bits per heavy atom. The van der Waals surface area contributed by atoms with E-state index in [4.69, 9.17) is 4.74 Å². The van der Waals surface area contributed by atoms with Gasteiger partial charge in [-0.15, -0.1) is 0 Å². The van der Waals surface area contributed by atoms with Gasteiger partial charge in [0.25, 0.3) is 0 Å². The van der Waals surface area contributed by atoms with E-state index < -0.39 is 0 Å². The summed E-state index contributed by atoms with van der Waals surface area (Å²) in [7, 11) is 0. The number of ether oxygens (including phenoxy) is 1. The van der Waals surface area contributed by atoms with Crippen molar-refractivity contribution in [2.45, 2.75) is 12.2 Å². The van der Waals surface area contributed by atoms with Crippen LogP contribution in [0.4, 0.5) is 10.5 Å². The summed E-state index contributed by atoms with van der Waals surface area (Å²) < 4.78 is 5.87. The molecule has 0 saturated carbocycles. The number of carbonyl (C=O) groups excluding carboxylic acids is 1. The normalized spacial score (nSPS) is 29.0. The number of aromatic nitrogens is 1. The Balaban J connectivity index is 1.29. The zero-order chi connectivity index (χ0) is 16.8. The molecule has 5 heteroatoms. The fourth-order valence-corrected chi connectivity index (χ4v) is 4.17. The molecule has 2 saturated heterocycles. The van der Waals surface area contributed by atoms with Crippen LogP contribution in [0.25, 0.3) is 11.3 Å². The van der Waals surface area contributed by atoms with Crippen molar-refractivity contribution >= 4 is 11.7 Å². The van der Waals surface area contributed by atoms with Gasteiger partial charge in [-0.1, -0.05) is 42.5 Å². The first-order valence-electron chi connectivity index (χ1n) is 8.69. The van der Waals surface area contributed by atoms with Gasteiger partial charge in [0.1, 0.15) is 0 Å². The van der Waals surface area contributed by atoms with Crippen LogP contribution in [0, 0.1) is 11.8 Å².